The maximum atomic E-state index is 8.82. The van der Waals surface area contributed by atoms with Gasteiger partial charge in [-0.2, -0.15) is 0 Å². The van der Waals surface area contributed by atoms with E-state index in [9.17, 15) is 0 Å². The number of hydrogen-bond acceptors (Lipinski definition) is 3. The molecule has 3 heteroatoms. The van der Waals surface area contributed by atoms with Crippen LogP contribution in [0, 0.1) is 17.8 Å². The summed E-state index contributed by atoms with van der Waals surface area (Å²) in [7, 11) is 3.84. The van der Waals surface area contributed by atoms with Gasteiger partial charge in [-0.05, 0) is 43.5 Å². The topological polar surface area (TPSA) is 32.7 Å². The van der Waals surface area contributed by atoms with Crippen LogP contribution in [-0.4, -0.2) is 37.3 Å². The number of aliphatic hydroxyl groups is 1. The Morgan fingerprint density at radius 2 is 2.19 bits per heavy atom. The first-order valence-corrected chi connectivity index (χ1v) is 7.68. The van der Waals surface area contributed by atoms with Crippen molar-refractivity contribution in [3.63, 3.8) is 0 Å². The quantitative estimate of drug-likeness (QED) is 0.817. The molecule has 0 spiro atoms. The number of nitrogens with zero attached hydrogens (tertiary/aromatic N) is 1. The van der Waals surface area contributed by atoms with Gasteiger partial charge in [0.15, 0.2) is 0 Å². The van der Waals surface area contributed by atoms with Crippen LogP contribution in [0.15, 0.2) is 18.2 Å². The molecule has 0 saturated heterocycles. The third-order valence-electron chi connectivity index (χ3n) is 3.97. The summed E-state index contributed by atoms with van der Waals surface area (Å²) in [5.41, 5.74) is 2.16. The highest BCUT2D eigenvalue weighted by molar-refractivity contribution is 5.48. The van der Waals surface area contributed by atoms with Crippen molar-refractivity contribution in [1.82, 2.24) is 4.90 Å². The third-order valence-corrected chi connectivity index (χ3v) is 3.97. The predicted octanol–water partition coefficient (Wildman–Crippen LogP) is 2.66. The first-order chi connectivity index (χ1) is 10.2. The number of benzene rings is 1. The lowest BCUT2D eigenvalue weighted by Gasteiger charge is -2.30. The molecule has 21 heavy (non-hydrogen) atoms. The largest absolute Gasteiger partial charge is 0.495 e. The summed E-state index contributed by atoms with van der Waals surface area (Å²) in [5.74, 6) is 7.74. The molecule has 3 nitrogen and oxygen atoms in total. The van der Waals surface area contributed by atoms with E-state index in [0.29, 0.717) is 6.42 Å². The van der Waals surface area contributed by atoms with Crippen molar-refractivity contribution in [2.75, 3.05) is 27.3 Å². The van der Waals surface area contributed by atoms with E-state index in [1.54, 1.807) is 7.11 Å². The molecule has 0 unspecified atom stereocenters. The maximum absolute atomic E-state index is 8.82. The van der Waals surface area contributed by atoms with E-state index in [2.05, 4.69) is 35.9 Å². The van der Waals surface area contributed by atoms with E-state index in [-0.39, 0.29) is 6.61 Å². The van der Waals surface area contributed by atoms with Gasteiger partial charge in [0.2, 0.25) is 0 Å². The number of aliphatic hydroxyl groups excluding tert-OH is 1. The van der Waals surface area contributed by atoms with Crippen molar-refractivity contribution in [3.8, 4) is 17.6 Å². The molecular weight excluding hydrogens is 262 g/mol. The first kappa shape index (κ1) is 15.9. The van der Waals surface area contributed by atoms with Gasteiger partial charge in [-0.1, -0.05) is 24.3 Å². The molecule has 1 saturated carbocycles. The summed E-state index contributed by atoms with van der Waals surface area (Å²) in [4.78, 5) is 2.39. The molecular formula is C18H25NO2. The number of rotatable bonds is 6. The molecule has 2 rings (SSSR count). The average Bonchev–Trinajstić information content (AvgIpc) is 2.44. The average molecular weight is 287 g/mol. The van der Waals surface area contributed by atoms with E-state index in [1.165, 1.54) is 31.4 Å². The zero-order valence-electron chi connectivity index (χ0n) is 13.1. The van der Waals surface area contributed by atoms with Crippen LogP contribution in [0.3, 0.4) is 0 Å². The van der Waals surface area contributed by atoms with E-state index in [1.807, 2.05) is 6.07 Å². The second kappa shape index (κ2) is 8.07. The molecule has 1 aromatic carbocycles. The van der Waals surface area contributed by atoms with Crippen LogP contribution < -0.4 is 4.74 Å². The lowest BCUT2D eigenvalue weighted by molar-refractivity contribution is 0.200. The van der Waals surface area contributed by atoms with Crippen LogP contribution in [0.4, 0.5) is 0 Å². The lowest BCUT2D eigenvalue weighted by atomic mass is 9.85. The fourth-order valence-electron chi connectivity index (χ4n) is 2.66. The van der Waals surface area contributed by atoms with Crippen LogP contribution in [0.2, 0.25) is 0 Å². The Bertz CT molecular complexity index is 512. The van der Waals surface area contributed by atoms with Crippen LogP contribution >= 0.6 is 0 Å². The molecule has 0 amide bonds. The molecule has 114 valence electrons. The van der Waals surface area contributed by atoms with Crippen molar-refractivity contribution in [1.29, 1.82) is 0 Å². The summed E-state index contributed by atoms with van der Waals surface area (Å²) < 4.78 is 5.35. The van der Waals surface area contributed by atoms with Gasteiger partial charge in [0.05, 0.1) is 19.3 Å². The first-order valence-electron chi connectivity index (χ1n) is 7.68. The van der Waals surface area contributed by atoms with Gasteiger partial charge in [0.1, 0.15) is 5.75 Å². The second-order valence-electron chi connectivity index (χ2n) is 5.80. The van der Waals surface area contributed by atoms with Gasteiger partial charge in [0.25, 0.3) is 0 Å². The molecule has 0 aliphatic heterocycles. The van der Waals surface area contributed by atoms with Crippen LogP contribution in [0.1, 0.15) is 36.8 Å². The Labute approximate surface area is 127 Å². The van der Waals surface area contributed by atoms with Gasteiger partial charge in [-0.15, -0.1) is 0 Å². The molecule has 0 bridgehead atoms. The molecule has 1 N–H and O–H groups in total. The molecule has 0 heterocycles. The molecule has 0 radical (unpaired) electrons. The molecule has 1 fully saturated rings. The summed E-state index contributed by atoms with van der Waals surface area (Å²) in [6, 6.07) is 6.18. The number of ether oxygens (including phenoxy) is 1. The highest BCUT2D eigenvalue weighted by Gasteiger charge is 2.19. The van der Waals surface area contributed by atoms with Crippen LogP contribution in [-0.2, 0) is 6.54 Å². The lowest BCUT2D eigenvalue weighted by Crippen LogP contribution is -2.29. The van der Waals surface area contributed by atoms with Gasteiger partial charge < -0.3 is 14.7 Å². The van der Waals surface area contributed by atoms with Gasteiger partial charge in [0, 0.05) is 19.5 Å². The monoisotopic (exact) mass is 287 g/mol. The second-order valence-corrected chi connectivity index (χ2v) is 5.80. The van der Waals surface area contributed by atoms with E-state index < -0.39 is 0 Å². The molecule has 1 aromatic rings. The Kier molecular flexibility index (Phi) is 6.10. The number of methoxy groups -OCH3 is 1. The highest BCUT2D eigenvalue weighted by Crippen LogP contribution is 2.27. The minimum Gasteiger partial charge on any atom is -0.495 e. The smallest absolute Gasteiger partial charge is 0.134 e. The van der Waals surface area contributed by atoms with Crippen LogP contribution in [0.25, 0.3) is 0 Å². The van der Waals surface area contributed by atoms with E-state index in [0.717, 1.165) is 23.8 Å². The van der Waals surface area contributed by atoms with Gasteiger partial charge in [-0.3, -0.25) is 0 Å². The van der Waals surface area contributed by atoms with E-state index in [4.69, 9.17) is 9.84 Å². The van der Waals surface area contributed by atoms with E-state index >= 15 is 0 Å². The molecule has 0 atom stereocenters. The Morgan fingerprint density at radius 1 is 1.38 bits per heavy atom. The predicted molar refractivity (Wildman–Crippen MR) is 85.2 cm³/mol. The normalized spacial score (nSPS) is 14.5. The minimum atomic E-state index is 0.0964. The number of hydrogen-bond donors (Lipinski definition) is 1. The summed E-state index contributed by atoms with van der Waals surface area (Å²) in [5, 5.41) is 8.82. The van der Waals surface area contributed by atoms with Crippen molar-refractivity contribution in [3.05, 3.63) is 29.3 Å². The fourth-order valence-corrected chi connectivity index (χ4v) is 2.66. The highest BCUT2D eigenvalue weighted by atomic mass is 16.5. The van der Waals surface area contributed by atoms with Crippen LogP contribution in [0.5, 0.6) is 5.75 Å². The van der Waals surface area contributed by atoms with Gasteiger partial charge in [-0.25, -0.2) is 0 Å². The summed E-state index contributed by atoms with van der Waals surface area (Å²) in [6.07, 6.45) is 4.65. The minimum absolute atomic E-state index is 0.0964. The zero-order chi connectivity index (χ0) is 15.1. The zero-order valence-corrected chi connectivity index (χ0v) is 13.1. The SMILES string of the molecule is COc1ccc(CN(C)CC2CCC2)cc1C#CCCO. The van der Waals surface area contributed by atoms with Crippen molar-refractivity contribution >= 4 is 0 Å². The van der Waals surface area contributed by atoms with Crippen molar-refractivity contribution < 1.29 is 9.84 Å². The molecule has 1 aliphatic rings. The summed E-state index contributed by atoms with van der Waals surface area (Å²) in [6.45, 7) is 2.21. The summed E-state index contributed by atoms with van der Waals surface area (Å²) >= 11 is 0. The maximum Gasteiger partial charge on any atom is 0.134 e. The van der Waals surface area contributed by atoms with Crippen molar-refractivity contribution in [2.24, 2.45) is 5.92 Å². The fraction of sp³-hybridized carbons (Fsp3) is 0.556. The molecule has 0 aromatic heterocycles. The third kappa shape index (κ3) is 4.77. The standard InChI is InChI=1S/C18H25NO2/c1-19(13-15-6-5-7-15)14-16-9-10-18(21-2)17(12-16)8-3-4-11-20/h9-10,12,15,20H,4-7,11,13-14H2,1-2H3. The Balaban J connectivity index is 2.02. The Hall–Kier alpha value is -1.50. The Morgan fingerprint density at radius 3 is 2.81 bits per heavy atom. The van der Waals surface area contributed by atoms with Gasteiger partial charge >= 0.3 is 0 Å². The molecule has 1 aliphatic carbocycles. The van der Waals surface area contributed by atoms with Crippen molar-refractivity contribution in [2.45, 2.75) is 32.2 Å².